The van der Waals surface area contributed by atoms with Gasteiger partial charge in [0.15, 0.2) is 0 Å². The molecule has 0 atom stereocenters. The Kier molecular flexibility index (Phi) is 4.81. The number of thiophene rings is 1. The molecule has 1 saturated carbocycles. The molecule has 0 spiro atoms. The molecule has 1 N–H and O–H groups in total. The number of hydrogen-bond acceptors (Lipinski definition) is 3. The predicted octanol–water partition coefficient (Wildman–Crippen LogP) is 3.11. The minimum atomic E-state index is 0.143. The van der Waals surface area contributed by atoms with Crippen LogP contribution >= 0.6 is 27.3 Å². The van der Waals surface area contributed by atoms with Gasteiger partial charge in [0.1, 0.15) is 4.88 Å². The van der Waals surface area contributed by atoms with Crippen LogP contribution in [0.1, 0.15) is 35.4 Å². The summed E-state index contributed by atoms with van der Waals surface area (Å²) >= 11 is 4.94. The normalized spacial score (nSPS) is 23.9. The van der Waals surface area contributed by atoms with Crippen LogP contribution in [-0.2, 0) is 0 Å². The first-order chi connectivity index (χ1) is 8.63. The van der Waals surface area contributed by atoms with Crippen molar-refractivity contribution in [2.45, 2.75) is 37.8 Å². The Morgan fingerprint density at radius 2 is 2.11 bits per heavy atom. The van der Waals surface area contributed by atoms with Crippen LogP contribution in [0.3, 0.4) is 0 Å². The molecule has 1 heterocycles. The van der Waals surface area contributed by atoms with Gasteiger partial charge in [-0.3, -0.25) is 4.79 Å². The average molecular weight is 331 g/mol. The van der Waals surface area contributed by atoms with Gasteiger partial charge in [0.05, 0.1) is 0 Å². The first-order valence-corrected chi connectivity index (χ1v) is 7.98. The maximum absolute atomic E-state index is 12.4. The van der Waals surface area contributed by atoms with Gasteiger partial charge in [-0.1, -0.05) is 0 Å². The maximum atomic E-state index is 12.4. The molecule has 1 fully saturated rings. The molecule has 0 aliphatic heterocycles. The summed E-state index contributed by atoms with van der Waals surface area (Å²) in [5.41, 5.74) is 0. The lowest BCUT2D eigenvalue weighted by Gasteiger charge is -2.34. The van der Waals surface area contributed by atoms with Gasteiger partial charge in [0.2, 0.25) is 0 Å². The van der Waals surface area contributed by atoms with Crippen molar-refractivity contribution in [3.8, 4) is 0 Å². The summed E-state index contributed by atoms with van der Waals surface area (Å²) in [6, 6.07) is 2.94. The molecule has 18 heavy (non-hydrogen) atoms. The van der Waals surface area contributed by atoms with Gasteiger partial charge in [-0.15, -0.1) is 11.3 Å². The van der Waals surface area contributed by atoms with Crippen LogP contribution in [0.4, 0.5) is 0 Å². The van der Waals surface area contributed by atoms with E-state index in [4.69, 9.17) is 0 Å². The minimum Gasteiger partial charge on any atom is -0.338 e. The molecule has 1 aromatic rings. The number of nitrogens with one attached hydrogen (secondary N) is 1. The molecule has 1 aromatic heterocycles. The minimum absolute atomic E-state index is 0.143. The highest BCUT2D eigenvalue weighted by Gasteiger charge is 2.27. The number of rotatable bonds is 3. The summed E-state index contributed by atoms with van der Waals surface area (Å²) in [4.78, 5) is 15.1. The molecule has 1 aliphatic rings. The molecule has 0 bridgehead atoms. The van der Waals surface area contributed by atoms with Crippen molar-refractivity contribution < 1.29 is 4.79 Å². The highest BCUT2D eigenvalue weighted by molar-refractivity contribution is 9.10. The lowest BCUT2D eigenvalue weighted by Crippen LogP contribution is -2.42. The largest absolute Gasteiger partial charge is 0.338 e. The lowest BCUT2D eigenvalue weighted by atomic mass is 9.90. The van der Waals surface area contributed by atoms with Crippen LogP contribution in [0.15, 0.2) is 15.9 Å². The van der Waals surface area contributed by atoms with Crippen LogP contribution in [-0.4, -0.2) is 37.0 Å². The lowest BCUT2D eigenvalue weighted by molar-refractivity contribution is 0.0690. The second kappa shape index (κ2) is 6.17. The van der Waals surface area contributed by atoms with E-state index in [1.54, 1.807) is 0 Å². The van der Waals surface area contributed by atoms with E-state index in [1.165, 1.54) is 11.3 Å². The zero-order chi connectivity index (χ0) is 13.1. The van der Waals surface area contributed by atoms with Gasteiger partial charge in [-0.05, 0) is 60.1 Å². The molecule has 100 valence electrons. The van der Waals surface area contributed by atoms with Crippen LogP contribution in [0.25, 0.3) is 0 Å². The number of nitrogens with zero attached hydrogens (tertiary/aromatic N) is 1. The van der Waals surface area contributed by atoms with Gasteiger partial charge in [-0.2, -0.15) is 0 Å². The van der Waals surface area contributed by atoms with E-state index in [0.29, 0.717) is 12.1 Å². The van der Waals surface area contributed by atoms with Crippen LogP contribution in [0.2, 0.25) is 0 Å². The van der Waals surface area contributed by atoms with Crippen LogP contribution < -0.4 is 5.32 Å². The monoisotopic (exact) mass is 330 g/mol. The van der Waals surface area contributed by atoms with E-state index in [2.05, 4.69) is 21.2 Å². The van der Waals surface area contributed by atoms with Crippen LogP contribution in [0, 0.1) is 0 Å². The topological polar surface area (TPSA) is 32.3 Å². The molecule has 0 radical (unpaired) electrons. The quantitative estimate of drug-likeness (QED) is 0.923. The molecule has 3 nitrogen and oxygen atoms in total. The van der Waals surface area contributed by atoms with Crippen LogP contribution in [0.5, 0.6) is 0 Å². The van der Waals surface area contributed by atoms with Crippen molar-refractivity contribution in [3.63, 3.8) is 0 Å². The Labute approximate surface area is 121 Å². The second-order valence-corrected chi connectivity index (χ2v) is 6.58. The molecule has 0 aromatic carbocycles. The van der Waals surface area contributed by atoms with E-state index in [9.17, 15) is 4.79 Å². The number of carbonyl (C=O) groups is 1. The molecule has 5 heteroatoms. The predicted molar refractivity (Wildman–Crippen MR) is 79.2 cm³/mol. The van der Waals surface area contributed by atoms with Crippen molar-refractivity contribution in [2.24, 2.45) is 0 Å². The fourth-order valence-electron chi connectivity index (χ4n) is 2.52. The first-order valence-electron chi connectivity index (χ1n) is 6.31. The van der Waals surface area contributed by atoms with Crippen molar-refractivity contribution in [1.29, 1.82) is 0 Å². The highest BCUT2D eigenvalue weighted by Crippen LogP contribution is 2.28. The molecule has 1 aliphatic carbocycles. The van der Waals surface area contributed by atoms with Crippen molar-refractivity contribution >= 4 is 33.2 Å². The summed E-state index contributed by atoms with van der Waals surface area (Å²) < 4.78 is 0.910. The molecule has 1 amide bonds. The fraction of sp³-hybridized carbons (Fsp3) is 0.615. The number of halogens is 1. The SMILES string of the molecule is CNC1CCC(N(C)C(=O)c2sccc2Br)CC1. The highest BCUT2D eigenvalue weighted by atomic mass is 79.9. The van der Waals surface area contributed by atoms with E-state index in [1.807, 2.05) is 30.4 Å². The molecule has 2 rings (SSSR count). The van der Waals surface area contributed by atoms with Crippen molar-refractivity contribution in [2.75, 3.05) is 14.1 Å². The Hall–Kier alpha value is -0.390. The third-order valence-corrected chi connectivity index (χ3v) is 5.61. The number of hydrogen-bond donors (Lipinski definition) is 1. The Morgan fingerprint density at radius 1 is 1.44 bits per heavy atom. The van der Waals surface area contributed by atoms with Crippen molar-refractivity contribution in [1.82, 2.24) is 10.2 Å². The summed E-state index contributed by atoms with van der Waals surface area (Å²) in [6.45, 7) is 0. The number of amides is 1. The van der Waals surface area contributed by atoms with E-state index in [-0.39, 0.29) is 5.91 Å². The molecule has 0 unspecified atom stereocenters. The first kappa shape index (κ1) is 14.0. The molecular formula is C13H19BrN2OS. The average Bonchev–Trinajstić information content (AvgIpc) is 2.83. The van der Waals surface area contributed by atoms with Gasteiger partial charge in [-0.25, -0.2) is 0 Å². The Bertz CT molecular complexity index is 413. The summed E-state index contributed by atoms with van der Waals surface area (Å²) in [7, 11) is 3.95. The Morgan fingerprint density at radius 3 is 2.61 bits per heavy atom. The standard InChI is InChI=1S/C13H19BrN2OS/c1-15-9-3-5-10(6-4-9)16(2)13(17)12-11(14)7-8-18-12/h7-10,15H,3-6H2,1-2H3. The second-order valence-electron chi connectivity index (χ2n) is 4.81. The third-order valence-electron chi connectivity index (χ3n) is 3.78. The fourth-order valence-corrected chi connectivity index (χ4v) is 4.05. The summed E-state index contributed by atoms with van der Waals surface area (Å²) in [6.07, 6.45) is 4.50. The van der Waals surface area contributed by atoms with Gasteiger partial charge in [0, 0.05) is 23.6 Å². The Balaban J connectivity index is 1.98. The molecule has 0 saturated heterocycles. The van der Waals surface area contributed by atoms with Gasteiger partial charge in [0.25, 0.3) is 5.91 Å². The number of carbonyl (C=O) groups excluding carboxylic acids is 1. The summed E-state index contributed by atoms with van der Waals surface area (Å²) in [5, 5.41) is 5.27. The van der Waals surface area contributed by atoms with Crippen molar-refractivity contribution in [3.05, 3.63) is 20.8 Å². The zero-order valence-corrected chi connectivity index (χ0v) is 13.2. The maximum Gasteiger partial charge on any atom is 0.265 e. The van der Waals surface area contributed by atoms with E-state index >= 15 is 0 Å². The summed E-state index contributed by atoms with van der Waals surface area (Å²) in [5.74, 6) is 0.143. The third kappa shape index (κ3) is 2.95. The zero-order valence-electron chi connectivity index (χ0n) is 10.8. The van der Waals surface area contributed by atoms with E-state index < -0.39 is 0 Å². The smallest absolute Gasteiger partial charge is 0.265 e. The van der Waals surface area contributed by atoms with Gasteiger partial charge < -0.3 is 10.2 Å². The van der Waals surface area contributed by atoms with E-state index in [0.717, 1.165) is 35.0 Å². The molecular weight excluding hydrogens is 312 g/mol. The van der Waals surface area contributed by atoms with Gasteiger partial charge >= 0.3 is 0 Å².